The van der Waals surface area contributed by atoms with Crippen LogP contribution in [0.1, 0.15) is 70.2 Å². The Balaban J connectivity index is 1.53. The van der Waals surface area contributed by atoms with Gasteiger partial charge in [0.2, 0.25) is 0 Å². The van der Waals surface area contributed by atoms with Crippen LogP contribution in [0.3, 0.4) is 0 Å². The molecule has 45 heavy (non-hydrogen) atoms. The Bertz CT molecular complexity index is 1790. The number of sulfone groups is 1. The fourth-order valence-electron chi connectivity index (χ4n) is 5.46. The fraction of sp³-hybridized carbons (Fsp3) is 0.294. The number of Topliss-reactive ketones (excluding diaryl/α,β-unsaturated/α-hetero) is 1. The number of ether oxygens (including phenoxy) is 2. The second-order valence-electron chi connectivity index (χ2n) is 10.8. The number of rotatable bonds is 12. The summed E-state index contributed by atoms with van der Waals surface area (Å²) in [6, 6.07) is 17.8. The first kappa shape index (κ1) is 31.6. The Morgan fingerprint density at radius 1 is 1.02 bits per heavy atom. The average Bonchev–Trinajstić information content (AvgIpc) is 3.55. The van der Waals surface area contributed by atoms with Gasteiger partial charge in [0.25, 0.3) is 5.91 Å². The lowest BCUT2D eigenvalue weighted by Gasteiger charge is -2.26. The molecule has 1 amide bonds. The number of nitrogens with one attached hydrogen (secondary N) is 1. The van der Waals surface area contributed by atoms with E-state index >= 15 is 0 Å². The van der Waals surface area contributed by atoms with Gasteiger partial charge in [0.05, 0.1) is 35.7 Å². The van der Waals surface area contributed by atoms with E-state index in [-0.39, 0.29) is 22.8 Å². The Hall–Kier alpha value is -4.77. The second kappa shape index (κ2) is 13.9. The molecule has 10 nitrogen and oxygen atoms in total. The van der Waals surface area contributed by atoms with E-state index in [1.807, 2.05) is 41.1 Å². The molecule has 0 saturated carbocycles. The number of esters is 1. The maximum Gasteiger partial charge on any atom is 0.328 e. The highest BCUT2D eigenvalue weighted by molar-refractivity contribution is 7.90. The summed E-state index contributed by atoms with van der Waals surface area (Å²) in [6.07, 6.45) is 6.16. The average molecular weight is 630 g/mol. The van der Waals surface area contributed by atoms with Gasteiger partial charge < -0.3 is 19.4 Å². The van der Waals surface area contributed by atoms with E-state index in [2.05, 4.69) is 10.3 Å². The van der Waals surface area contributed by atoms with Crippen molar-refractivity contribution in [2.45, 2.75) is 62.4 Å². The first-order valence-electron chi connectivity index (χ1n) is 14.8. The number of nitrogens with zero attached hydrogens (tertiary/aromatic N) is 2. The van der Waals surface area contributed by atoms with Gasteiger partial charge in [0, 0.05) is 29.9 Å². The van der Waals surface area contributed by atoms with E-state index in [1.54, 1.807) is 37.6 Å². The number of fused-ring (bicyclic) bond motifs is 1. The Morgan fingerprint density at radius 3 is 2.51 bits per heavy atom. The normalized spacial score (nSPS) is 14.2. The summed E-state index contributed by atoms with van der Waals surface area (Å²) in [7, 11) is -4.16. The summed E-state index contributed by atoms with van der Waals surface area (Å²) in [6.45, 7) is 3.68. The van der Waals surface area contributed by atoms with Gasteiger partial charge in [-0.2, -0.15) is 0 Å². The molecule has 1 unspecified atom stereocenters. The monoisotopic (exact) mass is 629 g/mol. The van der Waals surface area contributed by atoms with Crippen LogP contribution in [0.4, 0.5) is 0 Å². The maximum atomic E-state index is 14.2. The largest absolute Gasteiger partial charge is 0.484 e. The van der Waals surface area contributed by atoms with Gasteiger partial charge in [-0.05, 0) is 62.1 Å². The van der Waals surface area contributed by atoms with Crippen molar-refractivity contribution in [3.63, 3.8) is 0 Å². The molecule has 1 aromatic heterocycles. The number of aromatic nitrogens is 2. The second-order valence-corrected chi connectivity index (χ2v) is 12.8. The number of hydrogen-bond donors (Lipinski definition) is 1. The number of imidazole rings is 1. The number of carbonyl (C=O) groups excluding carboxylic acids is 3. The molecule has 11 heteroatoms. The Kier molecular flexibility index (Phi) is 9.77. The van der Waals surface area contributed by atoms with Crippen LogP contribution in [-0.4, -0.2) is 48.3 Å². The number of benzene rings is 3. The number of amides is 1. The van der Waals surface area contributed by atoms with Crippen molar-refractivity contribution in [2.75, 3.05) is 6.61 Å². The molecule has 0 saturated heterocycles. The number of hydrogen-bond acceptors (Lipinski definition) is 8. The van der Waals surface area contributed by atoms with Gasteiger partial charge in [-0.1, -0.05) is 42.5 Å². The van der Waals surface area contributed by atoms with Crippen LogP contribution in [0.5, 0.6) is 5.75 Å². The predicted molar refractivity (Wildman–Crippen MR) is 167 cm³/mol. The van der Waals surface area contributed by atoms with Gasteiger partial charge >= 0.3 is 5.97 Å². The number of carbonyl (C=O) groups is 3. The van der Waals surface area contributed by atoms with Crippen molar-refractivity contribution in [1.82, 2.24) is 14.9 Å². The van der Waals surface area contributed by atoms with Gasteiger partial charge in [-0.3, -0.25) is 9.59 Å². The summed E-state index contributed by atoms with van der Waals surface area (Å²) >= 11 is 0. The lowest BCUT2D eigenvalue weighted by molar-refractivity contribution is -0.144. The molecule has 0 spiro atoms. The highest BCUT2D eigenvalue weighted by Gasteiger charge is 2.30. The van der Waals surface area contributed by atoms with Crippen molar-refractivity contribution in [3.05, 3.63) is 113 Å². The van der Waals surface area contributed by atoms with Crippen molar-refractivity contribution in [2.24, 2.45) is 0 Å². The molecule has 1 N–H and O–H groups in total. The Labute approximate surface area is 262 Å². The van der Waals surface area contributed by atoms with Crippen LogP contribution < -0.4 is 10.1 Å². The first-order valence-corrected chi connectivity index (χ1v) is 16.5. The van der Waals surface area contributed by atoms with Crippen molar-refractivity contribution in [3.8, 4) is 5.75 Å². The van der Waals surface area contributed by atoms with Crippen LogP contribution in [0.15, 0.2) is 90.3 Å². The summed E-state index contributed by atoms with van der Waals surface area (Å²) < 4.78 is 41.8. The maximum absolute atomic E-state index is 14.2. The van der Waals surface area contributed by atoms with Gasteiger partial charge in [0.15, 0.2) is 15.6 Å². The molecule has 4 aromatic rings. The van der Waals surface area contributed by atoms with Crippen molar-refractivity contribution < 1.29 is 32.3 Å². The zero-order valence-corrected chi connectivity index (χ0v) is 26.0. The molecule has 2 atom stereocenters. The third-order valence-electron chi connectivity index (χ3n) is 7.68. The standard InChI is InChI=1S/C34H35N3O7S/c1-3-43-34(40)23(2)36-33(39)27-12-7-8-15-32(27)45(41,42)21-28-25-13-9-14-29(38)26(25)16-17-30(28)44-31(20-37-19-18-35-22-37)24-10-5-4-6-11-24/h4-8,10-12,15-19,22-23,31H,3,9,13-14,20-21H2,1-2H3,(H,36,39)/t23?,31-/m1/s1. The molecule has 3 aromatic carbocycles. The van der Waals surface area contributed by atoms with E-state index in [1.165, 1.54) is 25.1 Å². The first-order chi connectivity index (χ1) is 21.7. The smallest absolute Gasteiger partial charge is 0.328 e. The number of ketones is 1. The van der Waals surface area contributed by atoms with E-state index in [4.69, 9.17) is 9.47 Å². The van der Waals surface area contributed by atoms with E-state index < -0.39 is 39.6 Å². The third kappa shape index (κ3) is 7.31. The van der Waals surface area contributed by atoms with E-state index in [0.29, 0.717) is 48.2 Å². The Morgan fingerprint density at radius 2 is 1.78 bits per heavy atom. The van der Waals surface area contributed by atoms with Crippen LogP contribution in [-0.2, 0) is 38.1 Å². The molecule has 1 aliphatic rings. The van der Waals surface area contributed by atoms with Gasteiger partial charge in [-0.15, -0.1) is 0 Å². The van der Waals surface area contributed by atoms with Gasteiger partial charge in [-0.25, -0.2) is 18.2 Å². The van der Waals surface area contributed by atoms with Gasteiger partial charge in [0.1, 0.15) is 17.9 Å². The van der Waals surface area contributed by atoms with Crippen LogP contribution in [0, 0.1) is 0 Å². The molecular formula is C34H35N3O7S. The molecule has 0 fully saturated rings. The van der Waals surface area contributed by atoms with Crippen molar-refractivity contribution in [1.29, 1.82) is 0 Å². The minimum absolute atomic E-state index is 0.0489. The minimum Gasteiger partial charge on any atom is -0.484 e. The molecule has 234 valence electrons. The zero-order valence-electron chi connectivity index (χ0n) is 25.1. The molecule has 0 bridgehead atoms. The molecule has 1 aliphatic carbocycles. The molecule has 1 heterocycles. The summed E-state index contributed by atoms with van der Waals surface area (Å²) in [5.41, 5.74) is 2.30. The van der Waals surface area contributed by atoms with Crippen molar-refractivity contribution >= 4 is 27.5 Å². The topological polar surface area (TPSA) is 134 Å². The molecule has 0 aliphatic heterocycles. The minimum atomic E-state index is -4.16. The highest BCUT2D eigenvalue weighted by atomic mass is 32.2. The molecule has 0 radical (unpaired) electrons. The van der Waals surface area contributed by atoms with E-state index in [0.717, 1.165) is 5.56 Å². The van der Waals surface area contributed by atoms with Crippen LogP contribution >= 0.6 is 0 Å². The predicted octanol–water partition coefficient (Wildman–Crippen LogP) is 4.88. The lowest BCUT2D eigenvalue weighted by Crippen LogP contribution is -2.40. The SMILES string of the molecule is CCOC(=O)C(C)NC(=O)c1ccccc1S(=O)(=O)Cc1c(O[C@H](Cn2ccnc2)c2ccccc2)ccc2c1CCCC2=O. The zero-order chi connectivity index (χ0) is 32.0. The fourth-order valence-corrected chi connectivity index (χ4v) is 7.09. The summed E-state index contributed by atoms with van der Waals surface area (Å²) in [5.74, 6) is -1.55. The summed E-state index contributed by atoms with van der Waals surface area (Å²) in [5, 5.41) is 2.53. The van der Waals surface area contributed by atoms with Crippen LogP contribution in [0.25, 0.3) is 0 Å². The third-order valence-corrected chi connectivity index (χ3v) is 9.38. The summed E-state index contributed by atoms with van der Waals surface area (Å²) in [4.78, 5) is 42.2. The lowest BCUT2D eigenvalue weighted by atomic mass is 9.87. The van der Waals surface area contributed by atoms with E-state index in [9.17, 15) is 22.8 Å². The molecule has 5 rings (SSSR count). The molecular weight excluding hydrogens is 594 g/mol. The highest BCUT2D eigenvalue weighted by Crippen LogP contribution is 2.37. The quantitative estimate of drug-likeness (QED) is 0.219. The van der Waals surface area contributed by atoms with Crippen LogP contribution in [0.2, 0.25) is 0 Å².